The van der Waals surface area contributed by atoms with E-state index in [0.29, 0.717) is 30.4 Å². The molecule has 0 saturated carbocycles. The van der Waals surface area contributed by atoms with Crippen LogP contribution in [0.1, 0.15) is 15.9 Å². The normalized spacial score (nSPS) is 12.9. The van der Waals surface area contributed by atoms with Gasteiger partial charge < -0.3 is 14.8 Å². The molecule has 1 aliphatic heterocycles. The van der Waals surface area contributed by atoms with E-state index in [1.54, 1.807) is 31.2 Å². The molecule has 1 N–H and O–H groups in total. The Morgan fingerprint density at radius 2 is 1.86 bits per heavy atom. The van der Waals surface area contributed by atoms with Crippen molar-refractivity contribution in [3.8, 4) is 11.5 Å². The van der Waals surface area contributed by atoms with E-state index in [1.165, 1.54) is 12.1 Å². The molecule has 0 aliphatic carbocycles. The van der Waals surface area contributed by atoms with Gasteiger partial charge in [-0.05, 0) is 36.8 Å². The highest BCUT2D eigenvalue weighted by Gasteiger charge is 2.15. The van der Waals surface area contributed by atoms with Crippen molar-refractivity contribution in [1.82, 2.24) is 0 Å². The fraction of sp³-hybridized carbons (Fsp3) is 0.188. The van der Waals surface area contributed by atoms with Gasteiger partial charge in [0.05, 0.1) is 5.56 Å². The van der Waals surface area contributed by atoms with Gasteiger partial charge in [-0.25, -0.2) is 4.39 Å². The predicted molar refractivity (Wildman–Crippen MR) is 76.5 cm³/mol. The van der Waals surface area contributed by atoms with Gasteiger partial charge in [0, 0.05) is 11.8 Å². The van der Waals surface area contributed by atoms with Crippen LogP contribution in [0.5, 0.6) is 11.5 Å². The summed E-state index contributed by atoms with van der Waals surface area (Å²) < 4.78 is 24.6. The summed E-state index contributed by atoms with van der Waals surface area (Å²) in [6.45, 7) is 2.75. The van der Waals surface area contributed by atoms with E-state index in [4.69, 9.17) is 9.47 Å². The van der Waals surface area contributed by atoms with E-state index >= 15 is 0 Å². The first-order valence-corrected chi connectivity index (χ1v) is 6.60. The topological polar surface area (TPSA) is 47.6 Å². The molecule has 0 saturated heterocycles. The number of rotatable bonds is 2. The minimum atomic E-state index is -0.537. The minimum absolute atomic E-state index is 0.00971. The van der Waals surface area contributed by atoms with Crippen molar-refractivity contribution in [2.45, 2.75) is 6.92 Å². The lowest BCUT2D eigenvalue weighted by Gasteiger charge is -2.19. The van der Waals surface area contributed by atoms with E-state index < -0.39 is 11.7 Å². The summed E-state index contributed by atoms with van der Waals surface area (Å²) >= 11 is 0. The number of benzene rings is 2. The molecule has 5 heteroatoms. The van der Waals surface area contributed by atoms with E-state index in [9.17, 15) is 9.18 Å². The third-order valence-corrected chi connectivity index (χ3v) is 3.17. The maximum absolute atomic E-state index is 13.8. The van der Waals surface area contributed by atoms with Crippen molar-refractivity contribution in [2.24, 2.45) is 0 Å². The molecule has 108 valence electrons. The third kappa shape index (κ3) is 2.81. The zero-order valence-electron chi connectivity index (χ0n) is 11.5. The second-order valence-electron chi connectivity index (χ2n) is 4.80. The van der Waals surface area contributed by atoms with E-state index in [0.717, 1.165) is 5.56 Å². The standard InChI is InChI=1S/C16H14FNO3/c1-10-2-4-12(13(17)8-10)16(19)18-11-3-5-14-15(9-11)21-7-6-20-14/h2-5,8-9H,6-7H2,1H3,(H,18,19). The number of hydrogen-bond donors (Lipinski definition) is 1. The molecule has 0 radical (unpaired) electrons. The Labute approximate surface area is 121 Å². The van der Waals surface area contributed by atoms with Crippen LogP contribution in [0.4, 0.5) is 10.1 Å². The van der Waals surface area contributed by atoms with Crippen LogP contribution in [0.2, 0.25) is 0 Å². The lowest BCUT2D eigenvalue weighted by Crippen LogP contribution is -2.17. The SMILES string of the molecule is Cc1ccc(C(=O)Nc2ccc3c(c2)OCCO3)c(F)c1. The zero-order valence-corrected chi connectivity index (χ0v) is 11.5. The molecule has 0 unspecified atom stereocenters. The smallest absolute Gasteiger partial charge is 0.258 e. The second kappa shape index (κ2) is 5.44. The first-order chi connectivity index (χ1) is 10.1. The first kappa shape index (κ1) is 13.4. The maximum Gasteiger partial charge on any atom is 0.258 e. The van der Waals surface area contributed by atoms with Gasteiger partial charge in [-0.3, -0.25) is 4.79 Å². The number of nitrogens with one attached hydrogen (secondary N) is 1. The summed E-state index contributed by atoms with van der Waals surface area (Å²) in [4.78, 5) is 12.1. The average molecular weight is 287 g/mol. The summed E-state index contributed by atoms with van der Waals surface area (Å²) in [6.07, 6.45) is 0. The summed E-state index contributed by atoms with van der Waals surface area (Å²) in [5.41, 5.74) is 1.31. The highest BCUT2D eigenvalue weighted by molar-refractivity contribution is 6.04. The number of ether oxygens (including phenoxy) is 2. The number of halogens is 1. The molecule has 3 rings (SSSR count). The minimum Gasteiger partial charge on any atom is -0.486 e. The predicted octanol–water partition coefficient (Wildman–Crippen LogP) is 3.16. The number of carbonyl (C=O) groups is 1. The molecule has 1 heterocycles. The van der Waals surface area contributed by atoms with Gasteiger partial charge in [0.1, 0.15) is 19.0 Å². The Kier molecular flexibility index (Phi) is 3.48. The summed E-state index contributed by atoms with van der Waals surface area (Å²) in [6, 6.07) is 9.57. The summed E-state index contributed by atoms with van der Waals surface area (Å²) in [7, 11) is 0. The van der Waals surface area contributed by atoms with Crippen LogP contribution in [-0.2, 0) is 0 Å². The largest absolute Gasteiger partial charge is 0.486 e. The van der Waals surface area contributed by atoms with E-state index in [2.05, 4.69) is 5.32 Å². The maximum atomic E-state index is 13.8. The molecule has 21 heavy (non-hydrogen) atoms. The molecule has 0 fully saturated rings. The van der Waals surface area contributed by atoms with Crippen LogP contribution in [-0.4, -0.2) is 19.1 Å². The highest BCUT2D eigenvalue weighted by Crippen LogP contribution is 2.32. The van der Waals surface area contributed by atoms with Crippen molar-refractivity contribution in [3.63, 3.8) is 0 Å². The van der Waals surface area contributed by atoms with Crippen LogP contribution in [0.3, 0.4) is 0 Å². The second-order valence-corrected chi connectivity index (χ2v) is 4.80. The van der Waals surface area contributed by atoms with Crippen LogP contribution < -0.4 is 14.8 Å². The van der Waals surface area contributed by atoms with Gasteiger partial charge >= 0.3 is 0 Å². The van der Waals surface area contributed by atoms with Gasteiger partial charge in [-0.2, -0.15) is 0 Å². The van der Waals surface area contributed by atoms with Gasteiger partial charge in [-0.15, -0.1) is 0 Å². The third-order valence-electron chi connectivity index (χ3n) is 3.17. The molecular weight excluding hydrogens is 273 g/mol. The molecule has 2 aromatic carbocycles. The van der Waals surface area contributed by atoms with Crippen molar-refractivity contribution < 1.29 is 18.7 Å². The molecular formula is C16H14FNO3. The van der Waals surface area contributed by atoms with E-state index in [-0.39, 0.29) is 5.56 Å². The molecule has 0 aromatic heterocycles. The highest BCUT2D eigenvalue weighted by atomic mass is 19.1. The number of hydrogen-bond acceptors (Lipinski definition) is 3. The molecule has 0 atom stereocenters. The van der Waals surface area contributed by atoms with Gasteiger partial charge in [0.25, 0.3) is 5.91 Å². The van der Waals surface area contributed by atoms with Gasteiger partial charge in [0.15, 0.2) is 11.5 Å². The summed E-state index contributed by atoms with van der Waals surface area (Å²) in [5, 5.41) is 2.65. The average Bonchev–Trinajstić information content (AvgIpc) is 2.47. The molecule has 0 bridgehead atoms. The number of carbonyl (C=O) groups excluding carboxylic acids is 1. The summed E-state index contributed by atoms with van der Waals surface area (Å²) in [5.74, 6) is 0.179. The lowest BCUT2D eigenvalue weighted by atomic mass is 10.1. The monoisotopic (exact) mass is 287 g/mol. The zero-order chi connectivity index (χ0) is 14.8. The molecule has 0 spiro atoms. The molecule has 1 aliphatic rings. The van der Waals surface area contributed by atoms with E-state index in [1.807, 2.05) is 0 Å². The Morgan fingerprint density at radius 3 is 2.62 bits per heavy atom. The fourth-order valence-electron chi connectivity index (χ4n) is 2.12. The molecule has 1 amide bonds. The van der Waals surface area contributed by atoms with Gasteiger partial charge in [0.2, 0.25) is 0 Å². The van der Waals surface area contributed by atoms with Crippen LogP contribution in [0, 0.1) is 12.7 Å². The first-order valence-electron chi connectivity index (χ1n) is 6.60. The quantitative estimate of drug-likeness (QED) is 0.923. The van der Waals surface area contributed by atoms with Crippen molar-refractivity contribution in [1.29, 1.82) is 0 Å². The Morgan fingerprint density at radius 1 is 1.10 bits per heavy atom. The van der Waals surface area contributed by atoms with Crippen LogP contribution in [0.25, 0.3) is 0 Å². The van der Waals surface area contributed by atoms with Gasteiger partial charge in [-0.1, -0.05) is 6.07 Å². The Hall–Kier alpha value is -2.56. The number of anilines is 1. The Bertz CT molecular complexity index is 700. The molecule has 2 aromatic rings. The lowest BCUT2D eigenvalue weighted by molar-refractivity contribution is 0.102. The number of aryl methyl sites for hydroxylation is 1. The van der Waals surface area contributed by atoms with Crippen molar-refractivity contribution in [3.05, 3.63) is 53.3 Å². The van der Waals surface area contributed by atoms with Crippen molar-refractivity contribution in [2.75, 3.05) is 18.5 Å². The number of fused-ring (bicyclic) bond motifs is 1. The number of amides is 1. The van der Waals surface area contributed by atoms with Crippen molar-refractivity contribution >= 4 is 11.6 Å². The van der Waals surface area contributed by atoms with Crippen LogP contribution >= 0.6 is 0 Å². The Balaban J connectivity index is 1.81. The van der Waals surface area contributed by atoms with Crippen LogP contribution in [0.15, 0.2) is 36.4 Å². The fourth-order valence-corrected chi connectivity index (χ4v) is 2.12. The molecule has 4 nitrogen and oxygen atoms in total.